The molecular weight excluding hydrogens is 472 g/mol. The highest BCUT2D eigenvalue weighted by Crippen LogP contribution is 2.89. The zero-order chi connectivity index (χ0) is 27.3. The minimum absolute atomic E-state index is 0.00639. The van der Waals surface area contributed by atoms with Gasteiger partial charge in [0.2, 0.25) is 0 Å². The SMILES string of the molecule is C[C@H]([C@H]1[C@@H](O)C[C@@]2(C)[C@@H]3CC[C@@H]4[C@@](C)(CO)[C@H](NC(=O)c5ccccc5)CC[C@]45C[C@]35CC[C@]12C)N(C)C. The predicted molar refractivity (Wildman–Crippen MR) is 151 cm³/mol. The maximum Gasteiger partial charge on any atom is 0.251 e. The molecule has 5 aliphatic rings. The summed E-state index contributed by atoms with van der Waals surface area (Å²) in [6.45, 7) is 9.73. The number of rotatable bonds is 5. The van der Waals surface area contributed by atoms with Gasteiger partial charge in [-0.3, -0.25) is 4.79 Å². The van der Waals surface area contributed by atoms with Crippen LogP contribution in [0.1, 0.15) is 89.4 Å². The number of hydrogen-bond acceptors (Lipinski definition) is 4. The zero-order valence-corrected chi connectivity index (χ0v) is 24.5. The number of fused-ring (bicyclic) bond motifs is 2. The van der Waals surface area contributed by atoms with E-state index in [1.165, 1.54) is 25.7 Å². The Hall–Kier alpha value is -1.43. The molecule has 1 amide bonds. The molecule has 0 aromatic heterocycles. The Kier molecular flexibility index (Phi) is 6.01. The van der Waals surface area contributed by atoms with Crippen molar-refractivity contribution >= 4 is 5.91 Å². The second-order valence-corrected chi connectivity index (χ2v) is 15.1. The number of aliphatic hydroxyl groups excluding tert-OH is 2. The average Bonchev–Trinajstić information content (AvgIpc) is 3.50. The van der Waals surface area contributed by atoms with Gasteiger partial charge in [-0.2, -0.15) is 0 Å². The maximum absolute atomic E-state index is 13.1. The molecule has 0 radical (unpaired) electrons. The molecule has 5 aliphatic carbocycles. The fraction of sp³-hybridized carbons (Fsp3) is 0.788. The van der Waals surface area contributed by atoms with Crippen molar-refractivity contribution < 1.29 is 15.0 Å². The van der Waals surface area contributed by atoms with Crippen LogP contribution >= 0.6 is 0 Å². The Morgan fingerprint density at radius 3 is 2.32 bits per heavy atom. The molecule has 0 unspecified atom stereocenters. The van der Waals surface area contributed by atoms with Crippen molar-refractivity contribution in [2.45, 2.75) is 97.2 Å². The van der Waals surface area contributed by atoms with Gasteiger partial charge in [-0.15, -0.1) is 0 Å². The first kappa shape index (κ1) is 26.8. The number of carbonyl (C=O) groups is 1. The summed E-state index contributed by atoms with van der Waals surface area (Å²) in [5.41, 5.74) is 1.29. The molecule has 0 bridgehead atoms. The molecule has 3 N–H and O–H groups in total. The van der Waals surface area contributed by atoms with Gasteiger partial charge in [0.1, 0.15) is 0 Å². The van der Waals surface area contributed by atoms with E-state index in [2.05, 4.69) is 52.0 Å². The number of aliphatic hydroxyl groups is 2. The van der Waals surface area contributed by atoms with Crippen LogP contribution in [0.2, 0.25) is 0 Å². The standard InChI is InChI=1S/C33H50N2O3/c1-21(35(5)6)27-23(37)18-31(4)25-13-12-24-29(2,20-36)26(34-28(38)22-10-8-7-9-11-22)14-15-32(24)19-33(25,32)17-16-30(27,31)3/h7-11,21,23-27,36-37H,12-20H2,1-6H3,(H,34,38)/t21-,23+,24-,25+,26-,27+,29-,30-,31+,32+,33-/m1/s1. The van der Waals surface area contributed by atoms with Gasteiger partial charge in [0, 0.05) is 29.0 Å². The molecule has 6 rings (SSSR count). The predicted octanol–water partition coefficient (Wildman–Crippen LogP) is 5.12. The van der Waals surface area contributed by atoms with Crippen LogP contribution in [0, 0.1) is 44.8 Å². The topological polar surface area (TPSA) is 72.8 Å². The van der Waals surface area contributed by atoms with Crippen molar-refractivity contribution in [1.82, 2.24) is 10.2 Å². The molecule has 0 aliphatic heterocycles. The maximum atomic E-state index is 13.1. The minimum atomic E-state index is -0.310. The van der Waals surface area contributed by atoms with E-state index >= 15 is 0 Å². The Bertz CT molecular complexity index is 1090. The third-order valence-electron chi connectivity index (χ3n) is 14.0. The van der Waals surface area contributed by atoms with E-state index < -0.39 is 0 Å². The number of carbonyl (C=O) groups excluding carboxylic acids is 1. The number of hydrogen-bond donors (Lipinski definition) is 3. The fourth-order valence-electron chi connectivity index (χ4n) is 11.8. The second kappa shape index (κ2) is 8.54. The second-order valence-electron chi connectivity index (χ2n) is 15.1. The smallest absolute Gasteiger partial charge is 0.251 e. The van der Waals surface area contributed by atoms with Gasteiger partial charge in [0.25, 0.3) is 5.91 Å². The molecule has 1 aromatic rings. The number of nitrogens with one attached hydrogen (secondary N) is 1. The summed E-state index contributed by atoms with van der Waals surface area (Å²) in [5.74, 6) is 1.35. The lowest BCUT2D eigenvalue weighted by Crippen LogP contribution is -2.62. The number of amides is 1. The van der Waals surface area contributed by atoms with Crippen molar-refractivity contribution in [3.63, 3.8) is 0 Å². The third-order valence-corrected chi connectivity index (χ3v) is 14.0. The minimum Gasteiger partial charge on any atom is -0.396 e. The number of benzene rings is 1. The third kappa shape index (κ3) is 3.19. The zero-order valence-electron chi connectivity index (χ0n) is 24.5. The molecule has 11 atom stereocenters. The summed E-state index contributed by atoms with van der Waals surface area (Å²) < 4.78 is 0. The van der Waals surface area contributed by atoms with Crippen molar-refractivity contribution in [2.75, 3.05) is 20.7 Å². The van der Waals surface area contributed by atoms with E-state index in [0.29, 0.717) is 34.8 Å². The first-order valence-electron chi connectivity index (χ1n) is 15.2. The van der Waals surface area contributed by atoms with Crippen molar-refractivity contribution in [3.05, 3.63) is 35.9 Å². The van der Waals surface area contributed by atoms with Gasteiger partial charge >= 0.3 is 0 Å². The van der Waals surface area contributed by atoms with Crippen LogP contribution in [-0.2, 0) is 0 Å². The lowest BCUT2D eigenvalue weighted by Gasteiger charge is -2.63. The lowest BCUT2D eigenvalue weighted by molar-refractivity contribution is -0.154. The summed E-state index contributed by atoms with van der Waals surface area (Å²) in [5, 5.41) is 25.8. The first-order valence-corrected chi connectivity index (χ1v) is 15.2. The molecule has 0 heterocycles. The Labute approximate surface area is 229 Å². The lowest BCUT2D eigenvalue weighted by atomic mass is 9.41. The van der Waals surface area contributed by atoms with E-state index in [0.717, 1.165) is 25.7 Å². The Balaban J connectivity index is 1.29. The number of nitrogens with zero attached hydrogens (tertiary/aromatic N) is 1. The highest BCUT2D eigenvalue weighted by Gasteiger charge is 2.83. The van der Waals surface area contributed by atoms with Gasteiger partial charge < -0.3 is 20.4 Å². The normalized spacial score (nSPS) is 49.9. The summed E-state index contributed by atoms with van der Waals surface area (Å²) in [4.78, 5) is 15.4. The molecule has 5 fully saturated rings. The van der Waals surface area contributed by atoms with Gasteiger partial charge in [-0.1, -0.05) is 39.0 Å². The van der Waals surface area contributed by atoms with Crippen molar-refractivity contribution in [3.8, 4) is 0 Å². The molecule has 1 aromatic carbocycles. The molecule has 5 nitrogen and oxygen atoms in total. The van der Waals surface area contributed by atoms with Crippen molar-refractivity contribution in [2.24, 2.45) is 44.8 Å². The van der Waals surface area contributed by atoms with E-state index in [4.69, 9.17) is 0 Å². The van der Waals surface area contributed by atoms with Gasteiger partial charge in [-0.05, 0) is 118 Å². The average molecular weight is 523 g/mol. The summed E-state index contributed by atoms with van der Waals surface area (Å²) in [6, 6.07) is 9.85. The van der Waals surface area contributed by atoms with E-state index in [9.17, 15) is 15.0 Å². The fourth-order valence-corrected chi connectivity index (χ4v) is 11.8. The van der Waals surface area contributed by atoms with Gasteiger partial charge in [0.15, 0.2) is 0 Å². The quantitative estimate of drug-likeness (QED) is 0.502. The summed E-state index contributed by atoms with van der Waals surface area (Å²) >= 11 is 0. The molecule has 38 heavy (non-hydrogen) atoms. The highest BCUT2D eigenvalue weighted by molar-refractivity contribution is 5.94. The Morgan fingerprint density at radius 1 is 1.00 bits per heavy atom. The summed E-state index contributed by atoms with van der Waals surface area (Å²) in [6.07, 6.45) is 8.81. The van der Waals surface area contributed by atoms with E-state index in [1.54, 1.807) is 0 Å². The van der Waals surface area contributed by atoms with Crippen LogP contribution in [0.4, 0.5) is 0 Å². The monoisotopic (exact) mass is 522 g/mol. The van der Waals surface area contributed by atoms with Crippen LogP contribution in [0.5, 0.6) is 0 Å². The molecule has 0 saturated heterocycles. The largest absolute Gasteiger partial charge is 0.396 e. The van der Waals surface area contributed by atoms with Crippen LogP contribution in [0.15, 0.2) is 30.3 Å². The highest BCUT2D eigenvalue weighted by atomic mass is 16.3. The first-order chi connectivity index (χ1) is 17.9. The Morgan fingerprint density at radius 2 is 1.66 bits per heavy atom. The van der Waals surface area contributed by atoms with Gasteiger partial charge in [0.05, 0.1) is 12.7 Å². The van der Waals surface area contributed by atoms with E-state index in [-0.39, 0.29) is 46.3 Å². The molecule has 210 valence electrons. The van der Waals surface area contributed by atoms with E-state index in [1.807, 2.05) is 30.3 Å². The van der Waals surface area contributed by atoms with Crippen LogP contribution in [0.25, 0.3) is 0 Å². The van der Waals surface area contributed by atoms with Crippen molar-refractivity contribution in [1.29, 1.82) is 0 Å². The molecule has 2 spiro atoms. The molecule has 5 heteroatoms. The summed E-state index contributed by atoms with van der Waals surface area (Å²) in [7, 11) is 4.32. The molecular formula is C33H50N2O3. The van der Waals surface area contributed by atoms with Crippen LogP contribution in [0.3, 0.4) is 0 Å². The van der Waals surface area contributed by atoms with Gasteiger partial charge in [-0.25, -0.2) is 0 Å². The van der Waals surface area contributed by atoms with Crippen LogP contribution in [-0.4, -0.2) is 59.9 Å². The van der Waals surface area contributed by atoms with Crippen LogP contribution < -0.4 is 5.32 Å². The molecule has 5 saturated carbocycles.